The van der Waals surface area contributed by atoms with E-state index >= 15 is 0 Å². The lowest BCUT2D eigenvalue weighted by molar-refractivity contribution is 0.287. The lowest BCUT2D eigenvalue weighted by atomic mass is 10.0. The molecule has 0 aromatic carbocycles. The molecular weight excluding hydrogens is 170 g/mol. The largest absolute Gasteiger partial charge is 0.297 e. The molecule has 1 rings (SSSR count). The number of halogens is 1. The maximum atomic E-state index is 3.81. The third-order valence-electron chi connectivity index (χ3n) is 2.93. The maximum Gasteiger partial charge on any atom is 0.0247 e. The van der Waals surface area contributed by atoms with Gasteiger partial charge in [0.15, 0.2) is 0 Å². The van der Waals surface area contributed by atoms with Crippen molar-refractivity contribution in [3.63, 3.8) is 0 Å². The van der Waals surface area contributed by atoms with Gasteiger partial charge >= 0.3 is 0 Å². The van der Waals surface area contributed by atoms with E-state index in [1.807, 2.05) is 6.08 Å². The minimum atomic E-state index is 0. The molecular formula is C10H20ClN. The van der Waals surface area contributed by atoms with Crippen LogP contribution in [0.4, 0.5) is 0 Å². The molecule has 0 bridgehead atoms. The van der Waals surface area contributed by atoms with Gasteiger partial charge in [-0.1, -0.05) is 19.9 Å². The summed E-state index contributed by atoms with van der Waals surface area (Å²) >= 11 is 0. The van der Waals surface area contributed by atoms with Crippen LogP contribution in [0.15, 0.2) is 12.7 Å². The summed E-state index contributed by atoms with van der Waals surface area (Å²) in [4.78, 5) is 2.50. The standard InChI is InChI=1S/C10H19N.ClH/c1-5-10(4)11-6-8(2)9(3)7-11;/h5,8-10H,1,6-7H2,2-4H3;1H. The predicted molar refractivity (Wildman–Crippen MR) is 56.8 cm³/mol. The Balaban J connectivity index is 0.00000121. The highest BCUT2D eigenvalue weighted by Gasteiger charge is 2.27. The van der Waals surface area contributed by atoms with Gasteiger partial charge in [-0.05, 0) is 18.8 Å². The average Bonchev–Trinajstić information content (AvgIpc) is 2.31. The minimum Gasteiger partial charge on any atom is -0.297 e. The third-order valence-corrected chi connectivity index (χ3v) is 2.93. The van der Waals surface area contributed by atoms with Crippen LogP contribution in [0, 0.1) is 11.8 Å². The molecule has 0 spiro atoms. The zero-order valence-electron chi connectivity index (χ0n) is 8.29. The molecule has 3 unspecified atom stereocenters. The van der Waals surface area contributed by atoms with Gasteiger partial charge in [0, 0.05) is 19.1 Å². The van der Waals surface area contributed by atoms with Gasteiger partial charge in [0.05, 0.1) is 0 Å². The summed E-state index contributed by atoms with van der Waals surface area (Å²) in [5.41, 5.74) is 0. The Morgan fingerprint density at radius 1 is 1.33 bits per heavy atom. The SMILES string of the molecule is C=CC(C)N1CC(C)C(C)C1.Cl. The van der Waals surface area contributed by atoms with Crippen LogP contribution in [0.2, 0.25) is 0 Å². The third kappa shape index (κ3) is 2.49. The van der Waals surface area contributed by atoms with Crippen LogP contribution >= 0.6 is 12.4 Å². The molecule has 1 saturated heterocycles. The summed E-state index contributed by atoms with van der Waals surface area (Å²) in [5, 5.41) is 0. The first kappa shape index (κ1) is 12.0. The molecule has 0 aliphatic carbocycles. The second kappa shape index (κ2) is 4.88. The highest BCUT2D eigenvalue weighted by Crippen LogP contribution is 2.23. The molecule has 0 aromatic heterocycles. The number of nitrogens with zero attached hydrogens (tertiary/aromatic N) is 1. The van der Waals surface area contributed by atoms with Crippen LogP contribution in [-0.2, 0) is 0 Å². The fourth-order valence-electron chi connectivity index (χ4n) is 1.66. The molecule has 1 aliphatic rings. The van der Waals surface area contributed by atoms with Crippen LogP contribution in [0.3, 0.4) is 0 Å². The normalized spacial score (nSPS) is 32.6. The van der Waals surface area contributed by atoms with Crippen molar-refractivity contribution in [1.82, 2.24) is 4.90 Å². The van der Waals surface area contributed by atoms with E-state index < -0.39 is 0 Å². The summed E-state index contributed by atoms with van der Waals surface area (Å²) in [5.74, 6) is 1.72. The Hall–Kier alpha value is -0.0100. The molecule has 0 amide bonds. The summed E-state index contributed by atoms with van der Waals surface area (Å²) in [7, 11) is 0. The van der Waals surface area contributed by atoms with E-state index in [2.05, 4.69) is 32.3 Å². The van der Waals surface area contributed by atoms with Gasteiger partial charge in [-0.15, -0.1) is 19.0 Å². The number of hydrogen-bond acceptors (Lipinski definition) is 1. The van der Waals surface area contributed by atoms with E-state index in [-0.39, 0.29) is 12.4 Å². The highest BCUT2D eigenvalue weighted by molar-refractivity contribution is 5.85. The van der Waals surface area contributed by atoms with Crippen LogP contribution in [0.5, 0.6) is 0 Å². The molecule has 2 heteroatoms. The zero-order valence-corrected chi connectivity index (χ0v) is 9.10. The van der Waals surface area contributed by atoms with E-state index in [1.54, 1.807) is 0 Å². The first-order valence-corrected chi connectivity index (χ1v) is 4.51. The molecule has 1 fully saturated rings. The molecule has 12 heavy (non-hydrogen) atoms. The number of likely N-dealkylation sites (tertiary alicyclic amines) is 1. The van der Waals surface area contributed by atoms with Gasteiger partial charge in [0.2, 0.25) is 0 Å². The molecule has 0 radical (unpaired) electrons. The van der Waals surface area contributed by atoms with Crippen molar-refractivity contribution in [2.24, 2.45) is 11.8 Å². The van der Waals surface area contributed by atoms with Crippen molar-refractivity contribution in [2.45, 2.75) is 26.8 Å². The number of rotatable bonds is 2. The van der Waals surface area contributed by atoms with Crippen molar-refractivity contribution in [3.05, 3.63) is 12.7 Å². The molecule has 3 atom stereocenters. The van der Waals surface area contributed by atoms with Gasteiger partial charge in [0.25, 0.3) is 0 Å². The van der Waals surface area contributed by atoms with Gasteiger partial charge in [0.1, 0.15) is 0 Å². The summed E-state index contributed by atoms with van der Waals surface area (Å²) in [6, 6.07) is 0.558. The van der Waals surface area contributed by atoms with Crippen molar-refractivity contribution < 1.29 is 0 Å². The van der Waals surface area contributed by atoms with Crippen molar-refractivity contribution in [2.75, 3.05) is 13.1 Å². The average molecular weight is 190 g/mol. The van der Waals surface area contributed by atoms with E-state index in [1.165, 1.54) is 13.1 Å². The topological polar surface area (TPSA) is 3.24 Å². The van der Waals surface area contributed by atoms with Gasteiger partial charge < -0.3 is 0 Å². The van der Waals surface area contributed by atoms with Crippen LogP contribution < -0.4 is 0 Å². The second-order valence-electron chi connectivity index (χ2n) is 3.88. The molecule has 1 nitrogen and oxygen atoms in total. The van der Waals surface area contributed by atoms with E-state index in [0.29, 0.717) is 6.04 Å². The molecule has 1 heterocycles. The van der Waals surface area contributed by atoms with Crippen molar-refractivity contribution in [3.8, 4) is 0 Å². The molecule has 0 aromatic rings. The molecule has 1 aliphatic heterocycles. The monoisotopic (exact) mass is 189 g/mol. The van der Waals surface area contributed by atoms with Crippen molar-refractivity contribution >= 4 is 12.4 Å². The van der Waals surface area contributed by atoms with Crippen molar-refractivity contribution in [1.29, 1.82) is 0 Å². The lowest BCUT2D eigenvalue weighted by Crippen LogP contribution is -2.29. The Labute approximate surface area is 82.2 Å². The van der Waals surface area contributed by atoms with Crippen LogP contribution in [-0.4, -0.2) is 24.0 Å². The van der Waals surface area contributed by atoms with E-state index in [0.717, 1.165) is 11.8 Å². The molecule has 72 valence electrons. The summed E-state index contributed by atoms with van der Waals surface area (Å²) in [6.07, 6.45) is 2.03. The van der Waals surface area contributed by atoms with Gasteiger partial charge in [-0.3, -0.25) is 4.90 Å². The first-order valence-electron chi connectivity index (χ1n) is 4.51. The summed E-state index contributed by atoms with van der Waals surface area (Å²) in [6.45, 7) is 13.2. The zero-order chi connectivity index (χ0) is 8.43. The smallest absolute Gasteiger partial charge is 0.0247 e. The van der Waals surface area contributed by atoms with E-state index in [9.17, 15) is 0 Å². The first-order chi connectivity index (χ1) is 5.15. The maximum absolute atomic E-state index is 3.81. The van der Waals surface area contributed by atoms with Gasteiger partial charge in [-0.25, -0.2) is 0 Å². The Bertz CT molecular complexity index is 137. The van der Waals surface area contributed by atoms with Crippen LogP contribution in [0.25, 0.3) is 0 Å². The quantitative estimate of drug-likeness (QED) is 0.604. The Kier molecular flexibility index (Phi) is 4.88. The van der Waals surface area contributed by atoms with E-state index in [4.69, 9.17) is 0 Å². The highest BCUT2D eigenvalue weighted by atomic mass is 35.5. The minimum absolute atomic E-state index is 0. The molecule has 0 N–H and O–H groups in total. The second-order valence-corrected chi connectivity index (χ2v) is 3.88. The van der Waals surface area contributed by atoms with Gasteiger partial charge in [-0.2, -0.15) is 0 Å². The Morgan fingerprint density at radius 3 is 2.08 bits per heavy atom. The number of hydrogen-bond donors (Lipinski definition) is 0. The summed E-state index contributed by atoms with van der Waals surface area (Å²) < 4.78 is 0. The predicted octanol–water partition coefficient (Wildman–Crippen LogP) is 2.57. The fraction of sp³-hybridized carbons (Fsp3) is 0.800. The van der Waals surface area contributed by atoms with Crippen LogP contribution in [0.1, 0.15) is 20.8 Å². The Morgan fingerprint density at radius 2 is 1.75 bits per heavy atom. The fourth-order valence-corrected chi connectivity index (χ4v) is 1.66. The molecule has 0 saturated carbocycles. The lowest BCUT2D eigenvalue weighted by Gasteiger charge is -2.20.